The Bertz CT molecular complexity index is 1330. The summed E-state index contributed by atoms with van der Waals surface area (Å²) in [6.07, 6.45) is 0. The topological polar surface area (TPSA) is 85.3 Å². The van der Waals surface area contributed by atoms with Crippen molar-refractivity contribution in [1.82, 2.24) is 4.90 Å². The number of likely N-dealkylation sites (tertiary alicyclic amines) is 1. The van der Waals surface area contributed by atoms with Crippen LogP contribution in [-0.2, 0) is 20.9 Å². The number of carbonyl (C=O) groups excluding carboxylic acids is 2. The van der Waals surface area contributed by atoms with Crippen LogP contribution in [0, 0.1) is 6.92 Å². The normalized spacial score (nSPS) is 16.8. The highest BCUT2D eigenvalue weighted by molar-refractivity contribution is 6.46. The van der Waals surface area contributed by atoms with Crippen LogP contribution in [0.2, 0.25) is 5.02 Å². The summed E-state index contributed by atoms with van der Waals surface area (Å²) >= 11 is 6.17. The number of aliphatic hydroxyl groups is 1. The number of rotatable bonds is 9. The van der Waals surface area contributed by atoms with Crippen LogP contribution in [0.15, 0.2) is 72.3 Å². The molecule has 1 fully saturated rings. The summed E-state index contributed by atoms with van der Waals surface area (Å²) in [6.45, 7) is 2.75. The Morgan fingerprint density at radius 1 is 1.03 bits per heavy atom. The molecule has 7 nitrogen and oxygen atoms in total. The molecule has 37 heavy (non-hydrogen) atoms. The molecule has 1 heterocycles. The van der Waals surface area contributed by atoms with Crippen LogP contribution in [0.1, 0.15) is 28.3 Å². The van der Waals surface area contributed by atoms with Crippen molar-refractivity contribution < 1.29 is 28.9 Å². The molecule has 1 amide bonds. The van der Waals surface area contributed by atoms with Gasteiger partial charge in [0.1, 0.15) is 23.9 Å². The Morgan fingerprint density at radius 2 is 1.78 bits per heavy atom. The average molecular weight is 522 g/mol. The zero-order valence-electron chi connectivity index (χ0n) is 20.9. The van der Waals surface area contributed by atoms with Crippen molar-refractivity contribution in [2.45, 2.75) is 19.6 Å². The number of methoxy groups -OCH3 is 2. The number of amides is 1. The lowest BCUT2D eigenvalue weighted by molar-refractivity contribution is -0.140. The summed E-state index contributed by atoms with van der Waals surface area (Å²) in [7, 11) is 2.96. The monoisotopic (exact) mass is 521 g/mol. The molecular formula is C29H28ClNO6. The maximum Gasteiger partial charge on any atom is 0.295 e. The number of ketones is 1. The van der Waals surface area contributed by atoms with Crippen molar-refractivity contribution in [2.75, 3.05) is 27.4 Å². The second-order valence-corrected chi connectivity index (χ2v) is 9.11. The zero-order valence-corrected chi connectivity index (χ0v) is 21.6. The van der Waals surface area contributed by atoms with Gasteiger partial charge in [-0.2, -0.15) is 0 Å². The van der Waals surface area contributed by atoms with E-state index in [0.29, 0.717) is 28.7 Å². The Kier molecular flexibility index (Phi) is 8.16. The lowest BCUT2D eigenvalue weighted by Crippen LogP contribution is -2.32. The molecule has 0 spiro atoms. The second kappa shape index (κ2) is 11.5. The first-order valence-electron chi connectivity index (χ1n) is 11.7. The van der Waals surface area contributed by atoms with Crippen molar-refractivity contribution in [1.29, 1.82) is 0 Å². The maximum absolute atomic E-state index is 13.2. The van der Waals surface area contributed by atoms with Crippen LogP contribution < -0.4 is 9.47 Å². The van der Waals surface area contributed by atoms with E-state index in [1.165, 1.54) is 25.2 Å². The maximum atomic E-state index is 13.2. The Morgan fingerprint density at radius 3 is 2.49 bits per heavy atom. The first-order chi connectivity index (χ1) is 17.8. The largest absolute Gasteiger partial charge is 0.507 e. The van der Waals surface area contributed by atoms with E-state index in [1.807, 2.05) is 31.2 Å². The quantitative estimate of drug-likeness (QED) is 0.233. The van der Waals surface area contributed by atoms with Crippen LogP contribution in [0.5, 0.6) is 11.5 Å². The molecule has 1 aliphatic rings. The number of nitrogens with zero attached hydrogens (tertiary/aromatic N) is 1. The van der Waals surface area contributed by atoms with Crippen molar-refractivity contribution in [3.8, 4) is 11.5 Å². The number of halogens is 1. The highest BCUT2D eigenvalue weighted by atomic mass is 35.5. The summed E-state index contributed by atoms with van der Waals surface area (Å²) in [5.74, 6) is -1.01. The Labute approximate surface area is 220 Å². The van der Waals surface area contributed by atoms with Gasteiger partial charge >= 0.3 is 0 Å². The average Bonchev–Trinajstić information content (AvgIpc) is 3.16. The number of ether oxygens (including phenoxy) is 3. The smallest absolute Gasteiger partial charge is 0.295 e. The van der Waals surface area contributed by atoms with Crippen LogP contribution >= 0.6 is 11.6 Å². The Balaban J connectivity index is 1.76. The first-order valence-corrected chi connectivity index (χ1v) is 12.1. The minimum absolute atomic E-state index is 0.0580. The fourth-order valence-electron chi connectivity index (χ4n) is 4.28. The summed E-state index contributed by atoms with van der Waals surface area (Å²) in [6, 6.07) is 19.0. The number of hydrogen-bond donors (Lipinski definition) is 1. The Hall–Kier alpha value is -3.81. The highest BCUT2D eigenvalue weighted by Crippen LogP contribution is 2.42. The van der Waals surface area contributed by atoms with Gasteiger partial charge < -0.3 is 24.2 Å². The van der Waals surface area contributed by atoms with Crippen molar-refractivity contribution >= 4 is 29.1 Å². The molecule has 1 saturated heterocycles. The molecule has 192 valence electrons. The molecule has 1 unspecified atom stereocenters. The SMILES string of the molecule is COCCN1C(=O)C(=O)/C(=C(/O)c2cc(Cl)ccc2OC)C1c1cccc(OCc2ccc(C)cc2)c1. The molecule has 0 radical (unpaired) electrons. The van der Waals surface area contributed by atoms with Crippen LogP contribution in [0.3, 0.4) is 0 Å². The van der Waals surface area contributed by atoms with Gasteiger partial charge in [0.05, 0.1) is 30.9 Å². The molecule has 1 N–H and O–H groups in total. The summed E-state index contributed by atoms with van der Waals surface area (Å²) < 4.78 is 16.6. The molecule has 0 aliphatic carbocycles. The number of aryl methyl sites for hydroxylation is 1. The molecule has 8 heteroatoms. The van der Waals surface area contributed by atoms with E-state index >= 15 is 0 Å². The molecule has 0 bridgehead atoms. The minimum atomic E-state index is -0.859. The van der Waals surface area contributed by atoms with Gasteiger partial charge in [0.15, 0.2) is 0 Å². The van der Waals surface area contributed by atoms with E-state index in [4.69, 9.17) is 25.8 Å². The molecule has 1 atom stereocenters. The number of carbonyl (C=O) groups is 2. The fourth-order valence-corrected chi connectivity index (χ4v) is 4.45. The standard InChI is InChI=1S/C29H28ClNO6/c1-18-7-9-19(10-8-18)17-37-22-6-4-5-20(15-22)26-25(28(33)29(34)31(26)13-14-35-2)27(32)23-16-21(30)11-12-24(23)36-3/h4-12,15-16,26,32H,13-14,17H2,1-3H3/b27-25+. The molecule has 0 aromatic heterocycles. The predicted molar refractivity (Wildman–Crippen MR) is 141 cm³/mol. The minimum Gasteiger partial charge on any atom is -0.507 e. The van der Waals surface area contributed by atoms with Gasteiger partial charge in [-0.15, -0.1) is 0 Å². The van der Waals surface area contributed by atoms with E-state index in [-0.39, 0.29) is 30.0 Å². The van der Waals surface area contributed by atoms with Crippen LogP contribution in [0.4, 0.5) is 0 Å². The van der Waals surface area contributed by atoms with Gasteiger partial charge in [0, 0.05) is 18.7 Å². The highest BCUT2D eigenvalue weighted by Gasteiger charge is 2.46. The summed E-state index contributed by atoms with van der Waals surface area (Å²) in [5, 5.41) is 11.7. The van der Waals surface area contributed by atoms with Crippen molar-refractivity contribution in [2.24, 2.45) is 0 Å². The molecule has 1 aliphatic heterocycles. The third-order valence-electron chi connectivity index (χ3n) is 6.19. The molecule has 3 aromatic rings. The van der Waals surface area contributed by atoms with E-state index < -0.39 is 17.7 Å². The molecule has 0 saturated carbocycles. The number of hydrogen-bond acceptors (Lipinski definition) is 6. The van der Waals surface area contributed by atoms with Crippen molar-refractivity contribution in [3.63, 3.8) is 0 Å². The number of aliphatic hydroxyl groups excluding tert-OH is 1. The van der Waals surface area contributed by atoms with E-state index in [0.717, 1.165) is 11.1 Å². The third kappa shape index (κ3) is 5.63. The number of Topliss-reactive ketones (excluding diaryl/α,β-unsaturated/α-hetero) is 1. The molecule has 3 aromatic carbocycles. The summed E-state index contributed by atoms with van der Waals surface area (Å²) in [5.41, 5.74) is 2.94. The second-order valence-electron chi connectivity index (χ2n) is 8.68. The molecule has 4 rings (SSSR count). The fraction of sp³-hybridized carbons (Fsp3) is 0.241. The van der Waals surface area contributed by atoms with Gasteiger partial charge in [0.2, 0.25) is 0 Å². The van der Waals surface area contributed by atoms with Crippen LogP contribution in [0.25, 0.3) is 5.76 Å². The van der Waals surface area contributed by atoms with E-state index in [1.54, 1.807) is 36.4 Å². The van der Waals surface area contributed by atoms with Gasteiger partial charge in [-0.3, -0.25) is 9.59 Å². The molecular weight excluding hydrogens is 494 g/mol. The summed E-state index contributed by atoms with van der Waals surface area (Å²) in [4.78, 5) is 27.7. The lowest BCUT2D eigenvalue weighted by atomic mass is 9.95. The predicted octanol–water partition coefficient (Wildman–Crippen LogP) is 5.30. The number of benzene rings is 3. The van der Waals surface area contributed by atoms with Crippen LogP contribution in [-0.4, -0.2) is 49.1 Å². The van der Waals surface area contributed by atoms with Gasteiger partial charge in [-0.1, -0.05) is 53.6 Å². The van der Waals surface area contributed by atoms with Gasteiger partial charge in [0.25, 0.3) is 11.7 Å². The zero-order chi connectivity index (χ0) is 26.5. The van der Waals surface area contributed by atoms with E-state index in [2.05, 4.69) is 0 Å². The first kappa shape index (κ1) is 26.3. The van der Waals surface area contributed by atoms with Crippen molar-refractivity contribution in [3.05, 3.63) is 99.6 Å². The van der Waals surface area contributed by atoms with Gasteiger partial charge in [-0.25, -0.2) is 0 Å². The van der Waals surface area contributed by atoms with Gasteiger partial charge in [-0.05, 0) is 48.4 Å². The van der Waals surface area contributed by atoms with E-state index in [9.17, 15) is 14.7 Å². The third-order valence-corrected chi connectivity index (χ3v) is 6.43. The lowest BCUT2D eigenvalue weighted by Gasteiger charge is -2.25.